The average Bonchev–Trinajstić information content (AvgIpc) is 2.35. The Hall–Kier alpha value is -1.71. The first kappa shape index (κ1) is 13.4. The number of hydrogen-bond donors (Lipinski definition) is 0. The molecule has 0 aliphatic heterocycles. The van der Waals surface area contributed by atoms with Gasteiger partial charge in [-0.3, -0.25) is 4.79 Å². The molecule has 0 radical (unpaired) electrons. The van der Waals surface area contributed by atoms with Gasteiger partial charge in [-0.05, 0) is 6.92 Å². The molecular weight excluding hydrogens is 220 g/mol. The maximum absolute atomic E-state index is 11.5. The molecule has 0 aromatic heterocycles. The van der Waals surface area contributed by atoms with E-state index in [1.165, 1.54) is 0 Å². The van der Waals surface area contributed by atoms with Crippen LogP contribution in [0, 0.1) is 0 Å². The van der Waals surface area contributed by atoms with E-state index < -0.39 is 0 Å². The second kappa shape index (κ2) is 5.57. The number of methoxy groups -OCH3 is 3. The number of benzene rings is 1. The Morgan fingerprint density at radius 3 is 1.82 bits per heavy atom. The molecule has 0 amide bonds. The number of Topliss-reactive ketones (excluding diaryl/α,β-unsaturated/α-hetero) is 1. The minimum Gasteiger partial charge on any atom is -0.496 e. The summed E-state index contributed by atoms with van der Waals surface area (Å²) in [6, 6.07) is 3.49. The molecule has 1 atom stereocenters. The lowest BCUT2D eigenvalue weighted by Crippen LogP contribution is -2.08. The van der Waals surface area contributed by atoms with Crippen molar-refractivity contribution in [2.75, 3.05) is 21.3 Å². The topological polar surface area (TPSA) is 44.8 Å². The van der Waals surface area contributed by atoms with Gasteiger partial charge in [-0.2, -0.15) is 0 Å². The Kier molecular flexibility index (Phi) is 4.37. The van der Waals surface area contributed by atoms with Crippen molar-refractivity contribution in [1.29, 1.82) is 0 Å². The summed E-state index contributed by atoms with van der Waals surface area (Å²) in [6.07, 6.45) is 0. The van der Waals surface area contributed by atoms with Crippen LogP contribution in [0.25, 0.3) is 0 Å². The van der Waals surface area contributed by atoms with Gasteiger partial charge in [0.05, 0.1) is 21.3 Å². The molecule has 1 aromatic carbocycles. The quantitative estimate of drug-likeness (QED) is 0.790. The standard InChI is InChI=1S/C13H18O4/c1-8(9(2)14)13-11(16-4)6-10(15-3)7-12(13)17-5/h6-8H,1-5H3. The van der Waals surface area contributed by atoms with E-state index in [4.69, 9.17) is 14.2 Å². The van der Waals surface area contributed by atoms with Gasteiger partial charge >= 0.3 is 0 Å². The molecule has 0 spiro atoms. The van der Waals surface area contributed by atoms with Crippen LogP contribution in [0.3, 0.4) is 0 Å². The van der Waals surface area contributed by atoms with Gasteiger partial charge in [-0.15, -0.1) is 0 Å². The van der Waals surface area contributed by atoms with Gasteiger partial charge in [0.2, 0.25) is 0 Å². The van der Waals surface area contributed by atoms with Crippen molar-refractivity contribution in [3.8, 4) is 17.2 Å². The van der Waals surface area contributed by atoms with Crippen LogP contribution in [-0.4, -0.2) is 27.1 Å². The number of ketones is 1. The molecule has 4 heteroatoms. The second-order valence-corrected chi connectivity index (χ2v) is 3.78. The molecule has 0 heterocycles. The van der Waals surface area contributed by atoms with Gasteiger partial charge in [0.15, 0.2) is 0 Å². The largest absolute Gasteiger partial charge is 0.496 e. The van der Waals surface area contributed by atoms with E-state index in [1.807, 2.05) is 6.92 Å². The molecule has 0 bridgehead atoms. The molecule has 0 saturated heterocycles. The van der Waals surface area contributed by atoms with E-state index in [2.05, 4.69) is 0 Å². The monoisotopic (exact) mass is 238 g/mol. The molecule has 0 N–H and O–H groups in total. The normalized spacial score (nSPS) is 11.8. The molecule has 0 aliphatic rings. The van der Waals surface area contributed by atoms with Gasteiger partial charge in [-0.25, -0.2) is 0 Å². The predicted molar refractivity (Wildman–Crippen MR) is 65.2 cm³/mol. The SMILES string of the molecule is COc1cc(OC)c(C(C)C(C)=O)c(OC)c1. The van der Waals surface area contributed by atoms with Crippen LogP contribution in [0.2, 0.25) is 0 Å². The highest BCUT2D eigenvalue weighted by Crippen LogP contribution is 2.39. The zero-order valence-corrected chi connectivity index (χ0v) is 10.9. The van der Waals surface area contributed by atoms with E-state index in [0.717, 1.165) is 5.56 Å². The van der Waals surface area contributed by atoms with Crippen molar-refractivity contribution in [1.82, 2.24) is 0 Å². The summed E-state index contributed by atoms with van der Waals surface area (Å²) in [5.74, 6) is 1.63. The summed E-state index contributed by atoms with van der Waals surface area (Å²) in [5.41, 5.74) is 0.753. The van der Waals surface area contributed by atoms with Gasteiger partial charge < -0.3 is 14.2 Å². The lowest BCUT2D eigenvalue weighted by atomic mass is 9.95. The van der Waals surface area contributed by atoms with E-state index in [9.17, 15) is 4.79 Å². The lowest BCUT2D eigenvalue weighted by molar-refractivity contribution is -0.118. The Balaban J connectivity index is 3.39. The summed E-state index contributed by atoms with van der Waals surface area (Å²) < 4.78 is 15.7. The van der Waals surface area contributed by atoms with Crippen molar-refractivity contribution in [2.45, 2.75) is 19.8 Å². The van der Waals surface area contributed by atoms with Crippen LogP contribution >= 0.6 is 0 Å². The maximum atomic E-state index is 11.5. The fourth-order valence-corrected chi connectivity index (χ4v) is 1.66. The van der Waals surface area contributed by atoms with Gasteiger partial charge in [0, 0.05) is 23.6 Å². The first-order valence-electron chi connectivity index (χ1n) is 5.35. The molecule has 1 aromatic rings. The first-order valence-corrected chi connectivity index (χ1v) is 5.35. The number of carbonyl (C=O) groups excluding carboxylic acids is 1. The third-order valence-corrected chi connectivity index (χ3v) is 2.80. The van der Waals surface area contributed by atoms with Gasteiger partial charge in [0.1, 0.15) is 23.0 Å². The Morgan fingerprint density at radius 1 is 1.06 bits per heavy atom. The van der Waals surface area contributed by atoms with Crippen molar-refractivity contribution >= 4 is 5.78 Å². The van der Waals surface area contributed by atoms with Crippen LogP contribution in [-0.2, 0) is 4.79 Å². The molecule has 0 aliphatic carbocycles. The third kappa shape index (κ3) is 2.70. The predicted octanol–water partition coefficient (Wildman–Crippen LogP) is 2.40. The molecule has 1 unspecified atom stereocenters. The Morgan fingerprint density at radius 2 is 1.53 bits per heavy atom. The molecule has 94 valence electrons. The van der Waals surface area contributed by atoms with Crippen LogP contribution in [0.15, 0.2) is 12.1 Å². The van der Waals surface area contributed by atoms with Crippen LogP contribution in [0.1, 0.15) is 25.3 Å². The molecule has 4 nitrogen and oxygen atoms in total. The fraction of sp³-hybridized carbons (Fsp3) is 0.462. The van der Waals surface area contributed by atoms with Crippen LogP contribution < -0.4 is 14.2 Å². The van der Waals surface area contributed by atoms with Crippen molar-refractivity contribution < 1.29 is 19.0 Å². The molecule has 17 heavy (non-hydrogen) atoms. The van der Waals surface area contributed by atoms with Crippen LogP contribution in [0.4, 0.5) is 0 Å². The number of rotatable bonds is 5. The zero-order valence-electron chi connectivity index (χ0n) is 10.9. The Labute approximate surface area is 101 Å². The number of hydrogen-bond acceptors (Lipinski definition) is 4. The van der Waals surface area contributed by atoms with E-state index >= 15 is 0 Å². The summed E-state index contributed by atoms with van der Waals surface area (Å²) >= 11 is 0. The molecule has 0 saturated carbocycles. The van der Waals surface area contributed by atoms with Gasteiger partial charge in [0.25, 0.3) is 0 Å². The summed E-state index contributed by atoms with van der Waals surface area (Å²) in [4.78, 5) is 11.5. The minimum absolute atomic E-state index is 0.0618. The molecule has 0 fully saturated rings. The summed E-state index contributed by atoms with van der Waals surface area (Å²) in [5, 5.41) is 0. The van der Waals surface area contributed by atoms with Crippen molar-refractivity contribution in [2.24, 2.45) is 0 Å². The fourth-order valence-electron chi connectivity index (χ4n) is 1.66. The third-order valence-electron chi connectivity index (χ3n) is 2.80. The van der Waals surface area contributed by atoms with Crippen molar-refractivity contribution in [3.63, 3.8) is 0 Å². The molecule has 1 rings (SSSR count). The van der Waals surface area contributed by atoms with Gasteiger partial charge in [-0.1, -0.05) is 6.92 Å². The number of carbonyl (C=O) groups is 1. The highest BCUT2D eigenvalue weighted by atomic mass is 16.5. The van der Waals surface area contributed by atoms with E-state index in [0.29, 0.717) is 17.2 Å². The van der Waals surface area contributed by atoms with E-state index in [-0.39, 0.29) is 11.7 Å². The zero-order chi connectivity index (χ0) is 13.0. The summed E-state index contributed by atoms with van der Waals surface area (Å²) in [6.45, 7) is 3.38. The van der Waals surface area contributed by atoms with Crippen LogP contribution in [0.5, 0.6) is 17.2 Å². The minimum atomic E-state index is -0.272. The average molecular weight is 238 g/mol. The lowest BCUT2D eigenvalue weighted by Gasteiger charge is -2.18. The summed E-state index contributed by atoms with van der Waals surface area (Å²) in [7, 11) is 4.69. The highest BCUT2D eigenvalue weighted by Gasteiger charge is 2.21. The van der Waals surface area contributed by atoms with Crippen molar-refractivity contribution in [3.05, 3.63) is 17.7 Å². The highest BCUT2D eigenvalue weighted by molar-refractivity contribution is 5.85. The first-order chi connectivity index (χ1) is 8.04. The maximum Gasteiger partial charge on any atom is 0.137 e. The smallest absolute Gasteiger partial charge is 0.137 e. The second-order valence-electron chi connectivity index (χ2n) is 3.78. The molecular formula is C13H18O4. The Bertz CT molecular complexity index is 387. The number of ether oxygens (including phenoxy) is 3. The van der Waals surface area contributed by atoms with E-state index in [1.54, 1.807) is 40.4 Å².